The largest absolute Gasteiger partial charge is 0.481 e. The Morgan fingerprint density at radius 3 is 2.27 bits per heavy atom. The molecule has 0 radical (unpaired) electrons. The molecule has 1 aromatic carbocycles. The molecule has 1 heterocycles. The molecule has 0 fully saturated rings. The minimum Gasteiger partial charge on any atom is -0.481 e. The average molecular weight is 519 g/mol. The van der Waals surface area contributed by atoms with E-state index in [0.29, 0.717) is 24.9 Å². The summed E-state index contributed by atoms with van der Waals surface area (Å²) in [5, 5.41) is 26.7. The van der Waals surface area contributed by atoms with Crippen LogP contribution in [0.25, 0.3) is 10.9 Å². The number of fused-ring (bicyclic) bond motifs is 1. The number of amides is 3. The van der Waals surface area contributed by atoms with Crippen LogP contribution in [-0.2, 0) is 30.4 Å². The first-order valence-corrected chi connectivity index (χ1v) is 11.9. The molecule has 0 saturated heterocycles. The second-order valence-corrected chi connectivity index (χ2v) is 8.74. The molecule has 4 unspecified atom stereocenters. The Kier molecular flexibility index (Phi) is 11.0. The molecule has 202 valence electrons. The Bertz CT molecular complexity index is 1120. The van der Waals surface area contributed by atoms with Crippen LogP contribution in [-0.4, -0.2) is 75.6 Å². The highest BCUT2D eigenvalue weighted by molar-refractivity contribution is 5.94. The predicted molar refractivity (Wildman–Crippen MR) is 134 cm³/mol. The van der Waals surface area contributed by atoms with Gasteiger partial charge in [0.05, 0.1) is 12.5 Å². The molecule has 0 saturated carbocycles. The Labute approximate surface area is 213 Å². The number of carboxylic acids is 2. The van der Waals surface area contributed by atoms with Crippen molar-refractivity contribution in [2.75, 3.05) is 6.54 Å². The van der Waals surface area contributed by atoms with Crippen molar-refractivity contribution in [2.24, 2.45) is 11.5 Å². The summed E-state index contributed by atoms with van der Waals surface area (Å²) in [5.41, 5.74) is 12.6. The molecule has 10 N–H and O–H groups in total. The van der Waals surface area contributed by atoms with E-state index in [0.717, 1.165) is 10.9 Å². The van der Waals surface area contributed by atoms with Gasteiger partial charge < -0.3 is 42.6 Å². The second-order valence-electron chi connectivity index (χ2n) is 8.74. The molecule has 1 aromatic heterocycles. The van der Waals surface area contributed by atoms with Gasteiger partial charge in [-0.25, -0.2) is 4.79 Å². The first-order chi connectivity index (χ1) is 17.5. The summed E-state index contributed by atoms with van der Waals surface area (Å²) in [7, 11) is 0. The highest BCUT2D eigenvalue weighted by Crippen LogP contribution is 2.19. The monoisotopic (exact) mass is 518 g/mol. The smallest absolute Gasteiger partial charge is 0.326 e. The van der Waals surface area contributed by atoms with Gasteiger partial charge in [-0.1, -0.05) is 18.2 Å². The lowest BCUT2D eigenvalue weighted by Crippen LogP contribution is -2.56. The van der Waals surface area contributed by atoms with E-state index in [-0.39, 0.29) is 12.8 Å². The number of aromatic nitrogens is 1. The number of benzene rings is 1. The summed E-state index contributed by atoms with van der Waals surface area (Å²) < 4.78 is 0. The quantitative estimate of drug-likeness (QED) is 0.138. The van der Waals surface area contributed by atoms with E-state index in [4.69, 9.17) is 16.6 Å². The van der Waals surface area contributed by atoms with Crippen LogP contribution in [0.4, 0.5) is 0 Å². The van der Waals surface area contributed by atoms with Gasteiger partial charge in [-0.3, -0.25) is 19.2 Å². The van der Waals surface area contributed by atoms with E-state index in [1.165, 1.54) is 6.92 Å². The van der Waals surface area contributed by atoms with Crippen molar-refractivity contribution >= 4 is 40.6 Å². The number of para-hydroxylation sites is 1. The number of aromatic amines is 1. The van der Waals surface area contributed by atoms with Gasteiger partial charge in [0.15, 0.2) is 0 Å². The molecule has 37 heavy (non-hydrogen) atoms. The van der Waals surface area contributed by atoms with Crippen molar-refractivity contribution in [1.82, 2.24) is 20.9 Å². The van der Waals surface area contributed by atoms with Gasteiger partial charge in [0.1, 0.15) is 18.1 Å². The van der Waals surface area contributed by atoms with E-state index in [1.807, 2.05) is 24.3 Å². The van der Waals surface area contributed by atoms with Gasteiger partial charge in [0.25, 0.3) is 0 Å². The summed E-state index contributed by atoms with van der Waals surface area (Å²) >= 11 is 0. The maximum Gasteiger partial charge on any atom is 0.326 e. The van der Waals surface area contributed by atoms with Crippen molar-refractivity contribution in [1.29, 1.82) is 0 Å². The number of nitrogens with one attached hydrogen (secondary N) is 4. The molecule has 4 atom stereocenters. The summed E-state index contributed by atoms with van der Waals surface area (Å²) in [6, 6.07) is 2.54. The standard InChI is InChI=1S/C24H34N6O7/c1-13(28-22(34)16(26)11-20(31)32)21(33)29-18(8-4-5-9-25)23(35)30-19(24(36)37)10-14-12-27-17-7-3-2-6-15(14)17/h2-3,6-7,12-13,16,18-19,27H,4-5,8-11,25-26H2,1H3,(H,28,34)(H,29,33)(H,30,35)(H,31,32)(H,36,37). The molecular weight excluding hydrogens is 484 g/mol. The van der Waals surface area contributed by atoms with Crippen molar-refractivity contribution in [2.45, 2.75) is 63.2 Å². The third-order valence-corrected chi connectivity index (χ3v) is 5.78. The SMILES string of the molecule is CC(NC(=O)C(N)CC(=O)O)C(=O)NC(CCCCN)C(=O)NC(Cc1c[nH]c2ccccc12)C(=O)O. The van der Waals surface area contributed by atoms with Crippen molar-refractivity contribution < 1.29 is 34.2 Å². The van der Waals surface area contributed by atoms with Crippen molar-refractivity contribution in [3.05, 3.63) is 36.0 Å². The number of unbranched alkanes of at least 4 members (excludes halogenated alkanes) is 1. The van der Waals surface area contributed by atoms with Gasteiger partial charge in [0.2, 0.25) is 17.7 Å². The highest BCUT2D eigenvalue weighted by Gasteiger charge is 2.29. The number of rotatable bonds is 15. The molecular formula is C24H34N6O7. The van der Waals surface area contributed by atoms with E-state index >= 15 is 0 Å². The molecule has 13 heteroatoms. The summed E-state index contributed by atoms with van der Waals surface area (Å²) in [6.07, 6.45) is 2.34. The van der Waals surface area contributed by atoms with Crippen molar-refractivity contribution in [3.63, 3.8) is 0 Å². The Balaban J connectivity index is 2.08. The van der Waals surface area contributed by atoms with Crippen molar-refractivity contribution in [3.8, 4) is 0 Å². The van der Waals surface area contributed by atoms with Gasteiger partial charge >= 0.3 is 11.9 Å². The Morgan fingerprint density at radius 2 is 1.62 bits per heavy atom. The Hall–Kier alpha value is -3.97. The molecule has 3 amide bonds. The number of carbonyl (C=O) groups is 5. The zero-order valence-electron chi connectivity index (χ0n) is 20.5. The molecule has 0 spiro atoms. The topological polar surface area (TPSA) is 230 Å². The lowest BCUT2D eigenvalue weighted by molar-refractivity contribution is -0.142. The predicted octanol–water partition coefficient (Wildman–Crippen LogP) is -0.800. The molecule has 0 aliphatic carbocycles. The summed E-state index contributed by atoms with van der Waals surface area (Å²) in [6.45, 7) is 1.72. The van der Waals surface area contributed by atoms with Crippen LogP contribution in [0, 0.1) is 0 Å². The fourth-order valence-electron chi connectivity index (χ4n) is 3.72. The summed E-state index contributed by atoms with van der Waals surface area (Å²) in [4.78, 5) is 63.5. The van der Waals surface area contributed by atoms with Crippen LogP contribution < -0.4 is 27.4 Å². The van der Waals surface area contributed by atoms with Crippen LogP contribution in [0.1, 0.15) is 38.2 Å². The molecule has 0 bridgehead atoms. The summed E-state index contributed by atoms with van der Waals surface area (Å²) in [5.74, 6) is -4.75. The van der Waals surface area contributed by atoms with Crippen LogP contribution in [0.5, 0.6) is 0 Å². The first kappa shape index (κ1) is 29.3. The van der Waals surface area contributed by atoms with Gasteiger partial charge in [-0.05, 0) is 44.4 Å². The third-order valence-electron chi connectivity index (χ3n) is 5.78. The lowest BCUT2D eigenvalue weighted by Gasteiger charge is -2.23. The first-order valence-electron chi connectivity index (χ1n) is 11.9. The van der Waals surface area contributed by atoms with Crippen LogP contribution in [0.15, 0.2) is 30.5 Å². The second kappa shape index (κ2) is 13.9. The minimum atomic E-state index is -1.35. The van der Waals surface area contributed by atoms with E-state index in [1.54, 1.807) is 6.20 Å². The van der Waals surface area contributed by atoms with Crippen LogP contribution in [0.2, 0.25) is 0 Å². The number of hydrogen-bond acceptors (Lipinski definition) is 7. The molecule has 0 aliphatic heterocycles. The number of carboxylic acid groups (broad SMARTS) is 2. The van der Waals surface area contributed by atoms with Crippen LogP contribution in [0.3, 0.4) is 0 Å². The van der Waals surface area contributed by atoms with Gasteiger partial charge in [-0.2, -0.15) is 0 Å². The molecule has 13 nitrogen and oxygen atoms in total. The van der Waals surface area contributed by atoms with Crippen LogP contribution >= 0.6 is 0 Å². The maximum absolute atomic E-state index is 13.1. The molecule has 2 aromatic rings. The lowest BCUT2D eigenvalue weighted by atomic mass is 10.0. The number of H-pyrrole nitrogens is 1. The highest BCUT2D eigenvalue weighted by atomic mass is 16.4. The molecule has 0 aliphatic rings. The fourth-order valence-corrected chi connectivity index (χ4v) is 3.72. The number of hydrogen-bond donors (Lipinski definition) is 8. The fraction of sp³-hybridized carbons (Fsp3) is 0.458. The third kappa shape index (κ3) is 8.88. The normalized spacial score (nSPS) is 14.2. The van der Waals surface area contributed by atoms with E-state index in [9.17, 15) is 29.1 Å². The number of aliphatic carboxylic acids is 2. The number of carbonyl (C=O) groups excluding carboxylic acids is 3. The zero-order chi connectivity index (χ0) is 27.5. The van der Waals surface area contributed by atoms with E-state index < -0.39 is 60.2 Å². The zero-order valence-corrected chi connectivity index (χ0v) is 20.5. The van der Waals surface area contributed by atoms with Gasteiger partial charge in [-0.15, -0.1) is 0 Å². The average Bonchev–Trinajstić information content (AvgIpc) is 3.25. The maximum atomic E-state index is 13.1. The Morgan fingerprint density at radius 1 is 0.946 bits per heavy atom. The number of nitrogens with two attached hydrogens (primary N) is 2. The minimum absolute atomic E-state index is 0.0163. The molecule has 2 rings (SSSR count). The van der Waals surface area contributed by atoms with Gasteiger partial charge in [0, 0.05) is 23.5 Å². The van der Waals surface area contributed by atoms with E-state index in [2.05, 4.69) is 20.9 Å².